The zero-order valence-corrected chi connectivity index (χ0v) is 10.7. The average Bonchev–Trinajstić information content (AvgIpc) is 3.04. The largest absolute Gasteiger partial charge is 0.274 e. The molecule has 0 unspecified atom stereocenters. The van der Waals surface area contributed by atoms with Crippen LogP contribution >= 0.6 is 11.6 Å². The molecule has 1 saturated carbocycles. The first-order chi connectivity index (χ1) is 9.16. The molecule has 96 valence electrons. The molecule has 2 aliphatic carbocycles. The number of hydrogen-bond donors (Lipinski definition) is 0. The molecule has 0 aromatic carbocycles. The fourth-order valence-corrected chi connectivity index (χ4v) is 3.80. The molecular formula is C14H11ClN2O2. The Hall–Kier alpha value is -1.68. The normalized spacial score (nSPS) is 35.3. The molecule has 1 aliphatic heterocycles. The number of aromatic nitrogens is 1. The van der Waals surface area contributed by atoms with Crippen LogP contribution in [0.5, 0.6) is 0 Å². The number of allylic oxidation sites excluding steroid dienone is 2. The molecule has 0 N–H and O–H groups in total. The topological polar surface area (TPSA) is 50.3 Å². The fraction of sp³-hybridized carbons (Fsp3) is 0.357. The number of imide groups is 1. The first kappa shape index (κ1) is 11.2. The van der Waals surface area contributed by atoms with Gasteiger partial charge in [0.25, 0.3) is 0 Å². The van der Waals surface area contributed by atoms with Crippen LogP contribution in [0.1, 0.15) is 6.42 Å². The second-order valence-electron chi connectivity index (χ2n) is 5.34. The molecule has 4 rings (SSSR count). The standard InChI is InChI=1S/C14H11ClN2O2/c15-9-3-4-16-10(6-9)17-13(18)11-7-1-2-8(5-7)12(11)14(17)19/h1-4,6-8,11-12H,5H2/t7-,8-,11+,12+/m0/s1. The molecule has 4 atom stereocenters. The number of amides is 2. The smallest absolute Gasteiger partial charge is 0.239 e. The van der Waals surface area contributed by atoms with Gasteiger partial charge in [-0.3, -0.25) is 9.59 Å². The minimum Gasteiger partial charge on any atom is -0.274 e. The van der Waals surface area contributed by atoms with Gasteiger partial charge in [0, 0.05) is 17.3 Å². The second kappa shape index (κ2) is 3.67. The van der Waals surface area contributed by atoms with Crippen LogP contribution in [0.2, 0.25) is 5.02 Å². The molecule has 0 spiro atoms. The van der Waals surface area contributed by atoms with Gasteiger partial charge in [0.2, 0.25) is 11.8 Å². The van der Waals surface area contributed by atoms with Crippen molar-refractivity contribution in [2.75, 3.05) is 4.90 Å². The highest BCUT2D eigenvalue weighted by atomic mass is 35.5. The van der Waals surface area contributed by atoms with Gasteiger partial charge in [0.05, 0.1) is 11.8 Å². The molecule has 2 heterocycles. The highest BCUT2D eigenvalue weighted by molar-refractivity contribution is 6.31. The Morgan fingerprint density at radius 3 is 2.37 bits per heavy atom. The number of anilines is 1. The summed E-state index contributed by atoms with van der Waals surface area (Å²) < 4.78 is 0. The molecule has 1 aromatic rings. The molecule has 2 amide bonds. The van der Waals surface area contributed by atoms with Gasteiger partial charge in [-0.25, -0.2) is 9.88 Å². The van der Waals surface area contributed by atoms with Crippen LogP contribution in [0.25, 0.3) is 0 Å². The molecule has 3 aliphatic rings. The lowest BCUT2D eigenvalue weighted by Crippen LogP contribution is -2.33. The van der Waals surface area contributed by atoms with Gasteiger partial charge >= 0.3 is 0 Å². The van der Waals surface area contributed by atoms with E-state index in [0.717, 1.165) is 6.42 Å². The summed E-state index contributed by atoms with van der Waals surface area (Å²) in [5, 5.41) is 0.476. The third-order valence-corrected chi connectivity index (χ3v) is 4.64. The van der Waals surface area contributed by atoms with Crippen LogP contribution in [-0.2, 0) is 9.59 Å². The van der Waals surface area contributed by atoms with Crippen LogP contribution in [0.3, 0.4) is 0 Å². The van der Waals surface area contributed by atoms with Crippen LogP contribution in [0.15, 0.2) is 30.5 Å². The second-order valence-corrected chi connectivity index (χ2v) is 5.78. The van der Waals surface area contributed by atoms with Crippen molar-refractivity contribution in [2.45, 2.75) is 6.42 Å². The summed E-state index contributed by atoms with van der Waals surface area (Å²) in [6.45, 7) is 0. The number of nitrogens with zero attached hydrogens (tertiary/aromatic N) is 2. The van der Waals surface area contributed by atoms with Crippen LogP contribution < -0.4 is 4.90 Å². The van der Waals surface area contributed by atoms with Gasteiger partial charge in [-0.05, 0) is 24.3 Å². The maximum absolute atomic E-state index is 12.5. The summed E-state index contributed by atoms with van der Waals surface area (Å²) in [5.41, 5.74) is 0. The van der Waals surface area contributed by atoms with E-state index in [1.165, 1.54) is 11.1 Å². The molecule has 0 radical (unpaired) electrons. The fourth-order valence-electron chi connectivity index (χ4n) is 3.64. The maximum Gasteiger partial charge on any atom is 0.239 e. The molecular weight excluding hydrogens is 264 g/mol. The van der Waals surface area contributed by atoms with Crippen molar-refractivity contribution in [2.24, 2.45) is 23.7 Å². The molecule has 2 fully saturated rings. The number of rotatable bonds is 1. The summed E-state index contributed by atoms with van der Waals surface area (Å²) in [4.78, 5) is 30.3. The van der Waals surface area contributed by atoms with E-state index in [2.05, 4.69) is 17.1 Å². The van der Waals surface area contributed by atoms with E-state index in [1.54, 1.807) is 12.1 Å². The summed E-state index contributed by atoms with van der Waals surface area (Å²) >= 11 is 5.91. The Bertz CT molecular complexity index is 598. The zero-order chi connectivity index (χ0) is 13.1. The van der Waals surface area contributed by atoms with E-state index >= 15 is 0 Å². The molecule has 19 heavy (non-hydrogen) atoms. The maximum atomic E-state index is 12.5. The Labute approximate surface area is 115 Å². The van der Waals surface area contributed by atoms with E-state index in [-0.39, 0.29) is 35.5 Å². The number of hydrogen-bond acceptors (Lipinski definition) is 3. The Morgan fingerprint density at radius 1 is 1.16 bits per heavy atom. The lowest BCUT2D eigenvalue weighted by atomic mass is 9.85. The van der Waals surface area contributed by atoms with Crippen molar-refractivity contribution < 1.29 is 9.59 Å². The third kappa shape index (κ3) is 1.38. The van der Waals surface area contributed by atoms with Gasteiger partial charge < -0.3 is 0 Å². The molecule has 1 aromatic heterocycles. The first-order valence-corrected chi connectivity index (χ1v) is 6.72. The van der Waals surface area contributed by atoms with Gasteiger partial charge in [-0.1, -0.05) is 23.8 Å². The molecule has 1 saturated heterocycles. The quantitative estimate of drug-likeness (QED) is 0.582. The number of pyridine rings is 1. The number of carbonyl (C=O) groups is 2. The van der Waals surface area contributed by atoms with Crippen LogP contribution in [0, 0.1) is 23.7 Å². The number of halogens is 1. The SMILES string of the molecule is O=C1[C@H]2[C@H](C(=O)N1c1cc(Cl)ccn1)[C@H]1C=C[C@H]2C1. The lowest BCUT2D eigenvalue weighted by molar-refractivity contribution is -0.123. The third-order valence-electron chi connectivity index (χ3n) is 4.41. The average molecular weight is 275 g/mol. The lowest BCUT2D eigenvalue weighted by Gasteiger charge is -2.16. The molecule has 4 nitrogen and oxygen atoms in total. The van der Waals surface area contributed by atoms with E-state index in [0.29, 0.717) is 10.8 Å². The summed E-state index contributed by atoms with van der Waals surface area (Å²) in [6, 6.07) is 3.19. The first-order valence-electron chi connectivity index (χ1n) is 6.34. The van der Waals surface area contributed by atoms with Crippen molar-refractivity contribution in [3.8, 4) is 0 Å². The number of fused-ring (bicyclic) bond motifs is 5. The van der Waals surface area contributed by atoms with Gasteiger partial charge in [-0.2, -0.15) is 0 Å². The highest BCUT2D eigenvalue weighted by Crippen LogP contribution is 2.53. The van der Waals surface area contributed by atoms with Crippen molar-refractivity contribution in [3.05, 3.63) is 35.5 Å². The Morgan fingerprint density at radius 2 is 1.79 bits per heavy atom. The van der Waals surface area contributed by atoms with Crippen LogP contribution in [-0.4, -0.2) is 16.8 Å². The Balaban J connectivity index is 1.77. The van der Waals surface area contributed by atoms with E-state index < -0.39 is 0 Å². The van der Waals surface area contributed by atoms with Gasteiger partial charge in [0.1, 0.15) is 5.82 Å². The van der Waals surface area contributed by atoms with Crippen LogP contribution in [0.4, 0.5) is 5.82 Å². The van der Waals surface area contributed by atoms with Crippen molar-refractivity contribution >= 4 is 29.2 Å². The van der Waals surface area contributed by atoms with Gasteiger partial charge in [-0.15, -0.1) is 0 Å². The zero-order valence-electron chi connectivity index (χ0n) is 9.99. The van der Waals surface area contributed by atoms with Gasteiger partial charge in [0.15, 0.2) is 0 Å². The summed E-state index contributed by atoms with van der Waals surface area (Å²) in [6.07, 6.45) is 6.60. The predicted molar refractivity (Wildman–Crippen MR) is 69.5 cm³/mol. The molecule has 5 heteroatoms. The van der Waals surface area contributed by atoms with Crippen molar-refractivity contribution in [1.82, 2.24) is 4.98 Å². The van der Waals surface area contributed by atoms with Crippen molar-refractivity contribution in [3.63, 3.8) is 0 Å². The minimum atomic E-state index is -0.191. The monoisotopic (exact) mass is 274 g/mol. The number of carbonyl (C=O) groups excluding carboxylic acids is 2. The van der Waals surface area contributed by atoms with E-state index in [9.17, 15) is 9.59 Å². The highest BCUT2D eigenvalue weighted by Gasteiger charge is 2.59. The molecule has 2 bridgehead atoms. The van der Waals surface area contributed by atoms with Crippen molar-refractivity contribution in [1.29, 1.82) is 0 Å². The summed E-state index contributed by atoms with van der Waals surface area (Å²) in [5.74, 6) is 0.150. The minimum absolute atomic E-state index is 0.124. The summed E-state index contributed by atoms with van der Waals surface area (Å²) in [7, 11) is 0. The van der Waals surface area contributed by atoms with E-state index in [4.69, 9.17) is 11.6 Å². The van der Waals surface area contributed by atoms with E-state index in [1.807, 2.05) is 0 Å². The Kier molecular flexibility index (Phi) is 2.16. The predicted octanol–water partition coefficient (Wildman–Crippen LogP) is 2.05.